The number of hydrogen-bond donors (Lipinski definition) is 0. The molecule has 0 saturated carbocycles. The molecule has 0 aromatic carbocycles. The van der Waals surface area contributed by atoms with Crippen molar-refractivity contribution < 1.29 is 0 Å². The van der Waals surface area contributed by atoms with Gasteiger partial charge in [0.25, 0.3) is 5.56 Å². The van der Waals surface area contributed by atoms with Crippen LogP contribution < -0.4 is 5.56 Å². The van der Waals surface area contributed by atoms with Crippen LogP contribution in [0.1, 0.15) is 24.8 Å². The van der Waals surface area contributed by atoms with E-state index < -0.39 is 0 Å². The lowest BCUT2D eigenvalue weighted by Crippen LogP contribution is -2.32. The third kappa shape index (κ3) is 2.42. The van der Waals surface area contributed by atoms with Crippen molar-refractivity contribution in [2.45, 2.75) is 25.5 Å². The molecule has 1 aromatic rings. The third-order valence-corrected chi connectivity index (χ3v) is 14.1. The molecule has 0 bridgehead atoms. The lowest BCUT2D eigenvalue weighted by molar-refractivity contribution is 0.375. The van der Waals surface area contributed by atoms with Crippen LogP contribution in [0.25, 0.3) is 0 Å². The summed E-state index contributed by atoms with van der Waals surface area (Å²) in [6.45, 7) is 2.28. The van der Waals surface area contributed by atoms with E-state index in [1.807, 2.05) is 10.6 Å². The Morgan fingerprint density at radius 1 is 1.56 bits per heavy atom. The van der Waals surface area contributed by atoms with Crippen LogP contribution in [0.3, 0.4) is 0 Å². The molecule has 1 aliphatic rings. The van der Waals surface area contributed by atoms with Gasteiger partial charge in [-0.15, -0.1) is 17.9 Å². The highest BCUT2D eigenvalue weighted by molar-refractivity contribution is 8.61. The average molecular weight is 291 g/mol. The molecule has 16 heavy (non-hydrogen) atoms. The smallest absolute Gasteiger partial charge is 0.251 e. The van der Waals surface area contributed by atoms with E-state index >= 15 is 0 Å². The second-order valence-corrected chi connectivity index (χ2v) is 13.7. The predicted molar refractivity (Wildman–Crippen MR) is 81.9 cm³/mol. The molecule has 0 saturated heterocycles. The molecule has 0 fully saturated rings. The van der Waals surface area contributed by atoms with Crippen molar-refractivity contribution in [2.75, 3.05) is 0 Å². The standard InChI is InChI=1S/C10H17NOP4/c1-7-5-6-8-3-2-4-9(12)11(8)10(7)16(14)15-13/h2-4,7,10,15H,5-6,13-14H2,1H3. The maximum Gasteiger partial charge on any atom is 0.251 e. The molecule has 0 aliphatic carbocycles. The van der Waals surface area contributed by atoms with Crippen LogP contribution in [0.2, 0.25) is 0 Å². The molecule has 88 valence electrons. The summed E-state index contributed by atoms with van der Waals surface area (Å²) in [5.74, 6) is 1.03. The van der Waals surface area contributed by atoms with Crippen LogP contribution in [0.4, 0.5) is 0 Å². The van der Waals surface area contributed by atoms with Gasteiger partial charge in [0, 0.05) is 11.8 Å². The number of nitrogens with zero attached hydrogens (tertiary/aromatic N) is 1. The first-order valence-corrected chi connectivity index (χ1v) is 12.0. The molecular weight excluding hydrogens is 274 g/mol. The van der Waals surface area contributed by atoms with E-state index in [9.17, 15) is 4.79 Å². The zero-order chi connectivity index (χ0) is 11.7. The van der Waals surface area contributed by atoms with Crippen LogP contribution in [-0.4, -0.2) is 4.57 Å². The quantitative estimate of drug-likeness (QED) is 0.763. The number of aryl methyl sites for hydroxylation is 1. The summed E-state index contributed by atoms with van der Waals surface area (Å²) in [4.78, 5) is 12.0. The minimum absolute atomic E-state index is 0.168. The van der Waals surface area contributed by atoms with Gasteiger partial charge in [0.1, 0.15) is 0 Å². The van der Waals surface area contributed by atoms with Gasteiger partial charge in [-0.2, -0.15) is 0 Å². The largest absolute Gasteiger partial charge is 0.304 e. The molecule has 2 nitrogen and oxygen atoms in total. The molecule has 6 unspecified atom stereocenters. The normalized spacial score (nSPS) is 26.9. The van der Waals surface area contributed by atoms with Crippen molar-refractivity contribution in [3.63, 3.8) is 0 Å². The summed E-state index contributed by atoms with van der Waals surface area (Å²) in [7, 11) is 6.47. The van der Waals surface area contributed by atoms with Crippen molar-refractivity contribution in [2.24, 2.45) is 5.92 Å². The Morgan fingerprint density at radius 2 is 2.31 bits per heavy atom. The van der Waals surface area contributed by atoms with Gasteiger partial charge < -0.3 is 4.57 Å². The van der Waals surface area contributed by atoms with Crippen molar-refractivity contribution >= 4 is 33.1 Å². The molecule has 0 spiro atoms. The lowest BCUT2D eigenvalue weighted by Gasteiger charge is -2.36. The molecule has 6 heteroatoms. The maximum atomic E-state index is 12.0. The van der Waals surface area contributed by atoms with Gasteiger partial charge >= 0.3 is 0 Å². The molecule has 0 N–H and O–H groups in total. The van der Waals surface area contributed by atoms with Crippen LogP contribution in [0.5, 0.6) is 0 Å². The van der Waals surface area contributed by atoms with Gasteiger partial charge in [0.05, 0.1) is 5.78 Å². The number of hydrogen-bond acceptors (Lipinski definition) is 1. The summed E-state index contributed by atoms with van der Waals surface area (Å²) >= 11 is 0. The fourth-order valence-electron chi connectivity index (χ4n) is 2.30. The highest BCUT2D eigenvalue weighted by atomic mass is 32.6. The molecule has 0 radical (unpaired) electrons. The zero-order valence-electron chi connectivity index (χ0n) is 9.26. The van der Waals surface area contributed by atoms with Crippen molar-refractivity contribution in [1.82, 2.24) is 4.57 Å². The monoisotopic (exact) mass is 291 g/mol. The van der Waals surface area contributed by atoms with Gasteiger partial charge in [-0.05, 0) is 32.1 Å². The molecule has 1 aliphatic heterocycles. The molecule has 1 aromatic heterocycles. The number of fused-ring (bicyclic) bond motifs is 1. The van der Waals surface area contributed by atoms with E-state index in [1.165, 1.54) is 12.1 Å². The van der Waals surface area contributed by atoms with Gasteiger partial charge in [-0.25, -0.2) is 0 Å². The second kappa shape index (κ2) is 5.54. The summed E-state index contributed by atoms with van der Waals surface area (Å²) in [6.07, 6.45) is 2.25. The van der Waals surface area contributed by atoms with Gasteiger partial charge in [0.2, 0.25) is 0 Å². The van der Waals surface area contributed by atoms with E-state index in [-0.39, 0.29) is 12.9 Å². The van der Waals surface area contributed by atoms with E-state index in [0.29, 0.717) is 11.7 Å². The summed E-state index contributed by atoms with van der Waals surface area (Å²) in [5, 5.41) is 0. The zero-order valence-corrected chi connectivity index (χ0v) is 13.5. The van der Waals surface area contributed by atoms with E-state index in [1.54, 1.807) is 6.07 Å². The molecule has 0 amide bonds. The fourth-order valence-corrected chi connectivity index (χ4v) is 7.89. The summed E-state index contributed by atoms with van der Waals surface area (Å²) in [6, 6.07) is 5.67. The van der Waals surface area contributed by atoms with E-state index in [2.05, 4.69) is 30.8 Å². The van der Waals surface area contributed by atoms with Crippen LogP contribution in [0.15, 0.2) is 23.0 Å². The highest BCUT2D eigenvalue weighted by Crippen LogP contribution is 2.74. The Morgan fingerprint density at radius 3 is 3.00 bits per heavy atom. The molecule has 2 rings (SSSR count). The average Bonchev–Trinajstić information content (AvgIpc) is 2.29. The number of aromatic nitrogens is 1. The Kier molecular flexibility index (Phi) is 4.54. The number of rotatable bonds is 2. The highest BCUT2D eigenvalue weighted by Gasteiger charge is 2.30. The predicted octanol–water partition coefficient (Wildman–Crippen LogP) is 3.58. The topological polar surface area (TPSA) is 22.0 Å². The fraction of sp³-hybridized carbons (Fsp3) is 0.500. The number of pyridine rings is 1. The molecular formula is C10H17NOP4. The Hall–Kier alpha value is 0.670. The van der Waals surface area contributed by atoms with Crippen molar-refractivity contribution in [3.8, 4) is 0 Å². The minimum atomic E-state index is -0.168. The first kappa shape index (κ1) is 13.1. The molecule has 2 heterocycles. The first-order valence-electron chi connectivity index (χ1n) is 5.35. The maximum absolute atomic E-state index is 12.0. The van der Waals surface area contributed by atoms with Crippen LogP contribution in [-0.2, 0) is 6.42 Å². The van der Waals surface area contributed by atoms with Crippen LogP contribution >= 0.6 is 33.1 Å². The Bertz CT molecular complexity index is 433. The first-order chi connectivity index (χ1) is 7.65. The SMILES string of the molecule is CC1CCc2cccc(=O)n2C1P(P)PP. The summed E-state index contributed by atoms with van der Waals surface area (Å²) < 4.78 is 2.05. The third-order valence-electron chi connectivity index (χ3n) is 3.14. The minimum Gasteiger partial charge on any atom is -0.304 e. The second-order valence-electron chi connectivity index (χ2n) is 4.19. The summed E-state index contributed by atoms with van der Waals surface area (Å²) in [5.41, 5.74) is 1.39. The van der Waals surface area contributed by atoms with Gasteiger partial charge in [0.15, 0.2) is 0 Å². The Balaban J connectivity index is 2.51. The van der Waals surface area contributed by atoms with E-state index in [4.69, 9.17) is 0 Å². The lowest BCUT2D eigenvalue weighted by atomic mass is 9.98. The Labute approximate surface area is 104 Å². The van der Waals surface area contributed by atoms with Crippen molar-refractivity contribution in [1.29, 1.82) is 0 Å². The van der Waals surface area contributed by atoms with Crippen molar-refractivity contribution in [3.05, 3.63) is 34.2 Å². The van der Waals surface area contributed by atoms with Crippen LogP contribution in [0, 0.1) is 5.92 Å². The molecule has 6 atom stereocenters. The van der Waals surface area contributed by atoms with Gasteiger partial charge in [-0.3, -0.25) is 4.79 Å². The van der Waals surface area contributed by atoms with Gasteiger partial charge in [-0.1, -0.05) is 20.9 Å². The van der Waals surface area contributed by atoms with E-state index in [0.717, 1.165) is 14.4 Å².